The van der Waals surface area contributed by atoms with Crippen molar-refractivity contribution in [1.29, 1.82) is 0 Å². The highest BCUT2D eigenvalue weighted by Gasteiger charge is 2.44. The molecule has 0 aromatic heterocycles. The minimum Gasteiger partial charge on any atom is -0.326 e. The van der Waals surface area contributed by atoms with Gasteiger partial charge < -0.3 is 15.1 Å². The summed E-state index contributed by atoms with van der Waals surface area (Å²) < 4.78 is 0. The van der Waals surface area contributed by atoms with Crippen molar-refractivity contribution in [2.45, 2.75) is 18.8 Å². The summed E-state index contributed by atoms with van der Waals surface area (Å²) >= 11 is 0. The number of carbonyl (C=O) groups is 1. The summed E-state index contributed by atoms with van der Waals surface area (Å²) in [6.07, 6.45) is 1.96. The molecule has 2 fully saturated rings. The van der Waals surface area contributed by atoms with Gasteiger partial charge in [-0.05, 0) is 59.8 Å². The van der Waals surface area contributed by atoms with Crippen LogP contribution in [-0.2, 0) is 11.2 Å². The second-order valence-electron chi connectivity index (χ2n) is 9.14. The lowest BCUT2D eigenvalue weighted by Gasteiger charge is -2.32. The van der Waals surface area contributed by atoms with Crippen LogP contribution in [0.15, 0.2) is 66.7 Å². The van der Waals surface area contributed by atoms with Gasteiger partial charge in [-0.25, -0.2) is 0 Å². The highest BCUT2D eigenvalue weighted by Crippen LogP contribution is 2.48. The van der Waals surface area contributed by atoms with E-state index in [4.69, 9.17) is 0 Å². The molecule has 3 aromatic carbocycles. The van der Waals surface area contributed by atoms with Crippen LogP contribution in [0, 0.1) is 5.92 Å². The number of anilines is 1. The van der Waals surface area contributed by atoms with E-state index in [0.29, 0.717) is 5.92 Å². The van der Waals surface area contributed by atoms with Crippen molar-refractivity contribution in [1.82, 2.24) is 9.80 Å². The van der Waals surface area contributed by atoms with Crippen LogP contribution in [0.3, 0.4) is 0 Å². The van der Waals surface area contributed by atoms with E-state index in [1.54, 1.807) is 0 Å². The molecule has 1 aliphatic heterocycles. The summed E-state index contributed by atoms with van der Waals surface area (Å²) in [7, 11) is 2.19. The van der Waals surface area contributed by atoms with E-state index in [2.05, 4.69) is 82.8 Å². The summed E-state index contributed by atoms with van der Waals surface area (Å²) in [4.78, 5) is 17.8. The quantitative estimate of drug-likeness (QED) is 0.652. The van der Waals surface area contributed by atoms with Gasteiger partial charge in [0.15, 0.2) is 0 Å². The number of fused-ring (bicyclic) bond motifs is 1. The lowest BCUT2D eigenvalue weighted by atomic mass is 10.0. The summed E-state index contributed by atoms with van der Waals surface area (Å²) in [5.41, 5.74) is 3.49. The van der Waals surface area contributed by atoms with Gasteiger partial charge in [-0.1, -0.05) is 54.6 Å². The number of amides is 1. The fourth-order valence-corrected chi connectivity index (χ4v) is 4.69. The topological polar surface area (TPSA) is 35.6 Å². The Morgan fingerprint density at radius 3 is 2.58 bits per heavy atom. The highest BCUT2D eigenvalue weighted by atomic mass is 16.2. The van der Waals surface area contributed by atoms with Crippen molar-refractivity contribution in [2.24, 2.45) is 5.92 Å². The average molecular weight is 414 g/mol. The molecule has 2 atom stereocenters. The molecule has 1 heterocycles. The number of hydrogen-bond acceptors (Lipinski definition) is 3. The molecular formula is C27H31N3O. The van der Waals surface area contributed by atoms with Gasteiger partial charge in [0.25, 0.3) is 0 Å². The van der Waals surface area contributed by atoms with E-state index < -0.39 is 0 Å². The second kappa shape index (κ2) is 8.81. The Hall–Kier alpha value is -2.69. The van der Waals surface area contributed by atoms with Crippen LogP contribution < -0.4 is 5.32 Å². The fraction of sp³-hybridized carbons (Fsp3) is 0.370. The molecule has 1 saturated heterocycles. The zero-order valence-electron chi connectivity index (χ0n) is 18.3. The van der Waals surface area contributed by atoms with Gasteiger partial charge in [0.1, 0.15) is 0 Å². The molecule has 1 saturated carbocycles. The average Bonchev–Trinajstić information content (AvgIpc) is 3.60. The normalized spacial score (nSPS) is 21.8. The molecule has 5 rings (SSSR count). The molecule has 3 aromatic rings. The van der Waals surface area contributed by atoms with Gasteiger partial charge in [-0.15, -0.1) is 0 Å². The Labute approximate surface area is 184 Å². The second-order valence-corrected chi connectivity index (χ2v) is 9.14. The van der Waals surface area contributed by atoms with Crippen molar-refractivity contribution in [3.8, 4) is 0 Å². The Balaban J connectivity index is 1.17. The third-order valence-electron chi connectivity index (χ3n) is 6.84. The number of nitrogens with one attached hydrogen (secondary N) is 1. The first-order valence-electron chi connectivity index (χ1n) is 11.4. The van der Waals surface area contributed by atoms with Crippen LogP contribution >= 0.6 is 0 Å². The Morgan fingerprint density at radius 1 is 0.935 bits per heavy atom. The van der Waals surface area contributed by atoms with Crippen molar-refractivity contribution in [3.05, 3.63) is 77.9 Å². The molecule has 1 aliphatic carbocycles. The third kappa shape index (κ3) is 4.81. The van der Waals surface area contributed by atoms with E-state index >= 15 is 0 Å². The van der Waals surface area contributed by atoms with E-state index in [0.717, 1.165) is 51.3 Å². The minimum absolute atomic E-state index is 0.0788. The van der Waals surface area contributed by atoms with Gasteiger partial charge >= 0.3 is 0 Å². The van der Waals surface area contributed by atoms with Crippen LogP contribution in [0.5, 0.6) is 0 Å². The number of benzene rings is 3. The smallest absolute Gasteiger partial charge is 0.228 e. The van der Waals surface area contributed by atoms with Crippen LogP contribution in [0.4, 0.5) is 5.69 Å². The number of carbonyl (C=O) groups excluding carboxylic acids is 1. The standard InChI is InChI=1S/C27H31N3O/c1-29-13-15-30(16-14-29)12-11-20-5-4-8-24(17-20)28-27(31)26-19-25(26)23-10-9-21-6-2-3-7-22(21)18-23/h2-10,17-18,25-26H,11-16,19H2,1H3,(H,28,31). The van der Waals surface area contributed by atoms with Gasteiger partial charge in [-0.2, -0.15) is 0 Å². The Morgan fingerprint density at radius 2 is 1.74 bits per heavy atom. The van der Waals surface area contributed by atoms with Gasteiger partial charge in [-0.3, -0.25) is 4.79 Å². The predicted octanol–water partition coefficient (Wildman–Crippen LogP) is 4.37. The summed E-state index contributed by atoms with van der Waals surface area (Å²) in [6, 6.07) is 23.4. The number of hydrogen-bond donors (Lipinski definition) is 1. The van der Waals surface area contributed by atoms with Gasteiger partial charge in [0, 0.05) is 44.3 Å². The van der Waals surface area contributed by atoms with E-state index in [-0.39, 0.29) is 11.8 Å². The molecule has 1 N–H and O–H groups in total. The molecule has 4 nitrogen and oxygen atoms in total. The van der Waals surface area contributed by atoms with Gasteiger partial charge in [0.2, 0.25) is 5.91 Å². The molecule has 31 heavy (non-hydrogen) atoms. The molecule has 2 unspecified atom stereocenters. The first kappa shape index (κ1) is 20.2. The zero-order valence-corrected chi connectivity index (χ0v) is 18.3. The van der Waals surface area contributed by atoms with Crippen molar-refractivity contribution >= 4 is 22.4 Å². The molecule has 0 radical (unpaired) electrons. The maximum atomic E-state index is 12.8. The van der Waals surface area contributed by atoms with Crippen molar-refractivity contribution < 1.29 is 4.79 Å². The van der Waals surface area contributed by atoms with Crippen LogP contribution in [-0.4, -0.2) is 55.5 Å². The Kier molecular flexibility index (Phi) is 5.75. The SMILES string of the molecule is CN1CCN(CCc2cccc(NC(=O)C3CC3c3ccc4ccccc4c3)c2)CC1. The molecule has 160 valence electrons. The van der Waals surface area contributed by atoms with E-state index in [9.17, 15) is 4.79 Å². The minimum atomic E-state index is 0.0788. The first-order valence-corrected chi connectivity index (χ1v) is 11.4. The van der Waals surface area contributed by atoms with E-state index in [1.807, 2.05) is 6.07 Å². The van der Waals surface area contributed by atoms with Crippen molar-refractivity contribution in [2.75, 3.05) is 45.1 Å². The zero-order chi connectivity index (χ0) is 21.2. The lowest BCUT2D eigenvalue weighted by Crippen LogP contribution is -2.45. The number of rotatable bonds is 6. The molecule has 1 amide bonds. The number of piperazine rings is 1. The molecule has 0 bridgehead atoms. The molecule has 4 heteroatoms. The predicted molar refractivity (Wildman–Crippen MR) is 128 cm³/mol. The third-order valence-corrected chi connectivity index (χ3v) is 6.84. The fourth-order valence-electron chi connectivity index (χ4n) is 4.69. The summed E-state index contributed by atoms with van der Waals surface area (Å²) in [6.45, 7) is 5.67. The highest BCUT2D eigenvalue weighted by molar-refractivity contribution is 5.95. The molecule has 0 spiro atoms. The Bertz CT molecular complexity index is 1070. The van der Waals surface area contributed by atoms with Crippen molar-refractivity contribution in [3.63, 3.8) is 0 Å². The van der Waals surface area contributed by atoms with Gasteiger partial charge in [0.05, 0.1) is 0 Å². The summed E-state index contributed by atoms with van der Waals surface area (Å²) in [5, 5.41) is 5.67. The monoisotopic (exact) mass is 413 g/mol. The molecular weight excluding hydrogens is 382 g/mol. The first-order chi connectivity index (χ1) is 15.2. The maximum Gasteiger partial charge on any atom is 0.228 e. The van der Waals surface area contributed by atoms with Crippen LogP contribution in [0.25, 0.3) is 10.8 Å². The largest absolute Gasteiger partial charge is 0.326 e. The van der Waals surface area contributed by atoms with Crippen LogP contribution in [0.2, 0.25) is 0 Å². The van der Waals surface area contributed by atoms with E-state index in [1.165, 1.54) is 21.9 Å². The lowest BCUT2D eigenvalue weighted by molar-refractivity contribution is -0.117. The maximum absolute atomic E-state index is 12.8. The van der Waals surface area contributed by atoms with Crippen LogP contribution in [0.1, 0.15) is 23.5 Å². The summed E-state index contributed by atoms with van der Waals surface area (Å²) in [5.74, 6) is 0.564. The number of nitrogens with zero attached hydrogens (tertiary/aromatic N) is 2. The number of likely N-dealkylation sites (N-methyl/N-ethyl adjacent to an activating group) is 1. The molecule has 2 aliphatic rings.